The predicted molar refractivity (Wildman–Crippen MR) is 108 cm³/mol. The molecule has 28 heavy (non-hydrogen) atoms. The van der Waals surface area contributed by atoms with E-state index in [9.17, 15) is 4.79 Å². The van der Waals surface area contributed by atoms with Crippen LogP contribution in [0, 0.1) is 6.92 Å². The van der Waals surface area contributed by atoms with Crippen LogP contribution in [0.15, 0.2) is 36.7 Å². The number of nitrogens with zero attached hydrogens (tertiary/aromatic N) is 5. The zero-order chi connectivity index (χ0) is 20.1. The smallest absolute Gasteiger partial charge is 0.251 e. The zero-order valence-electron chi connectivity index (χ0n) is 16.6. The Morgan fingerprint density at radius 2 is 1.96 bits per heavy atom. The fourth-order valence-corrected chi connectivity index (χ4v) is 2.93. The molecule has 0 bridgehead atoms. The lowest BCUT2D eigenvalue weighted by atomic mass is 10.1. The first kappa shape index (κ1) is 19.5. The number of anilines is 1. The van der Waals surface area contributed by atoms with Crippen LogP contribution in [0.1, 0.15) is 48.2 Å². The van der Waals surface area contributed by atoms with Crippen LogP contribution in [0.2, 0.25) is 0 Å². The van der Waals surface area contributed by atoms with Crippen molar-refractivity contribution in [2.45, 2.75) is 39.8 Å². The summed E-state index contributed by atoms with van der Waals surface area (Å²) in [6.45, 7) is 6.68. The molecule has 0 aliphatic carbocycles. The van der Waals surface area contributed by atoms with Gasteiger partial charge in [-0.3, -0.25) is 4.79 Å². The number of carbonyl (C=O) groups is 1. The van der Waals surface area contributed by atoms with Crippen LogP contribution in [0.4, 0.5) is 5.82 Å². The molecule has 0 fully saturated rings. The van der Waals surface area contributed by atoms with Gasteiger partial charge < -0.3 is 10.6 Å². The molecule has 1 amide bonds. The first-order chi connectivity index (χ1) is 13.5. The van der Waals surface area contributed by atoms with Crippen molar-refractivity contribution in [3.63, 3.8) is 0 Å². The predicted octanol–water partition coefficient (Wildman–Crippen LogP) is 2.99. The summed E-state index contributed by atoms with van der Waals surface area (Å²) in [6, 6.07) is 8.90. The minimum absolute atomic E-state index is 0.161. The van der Waals surface area contributed by atoms with Gasteiger partial charge in [0, 0.05) is 36.5 Å². The second-order valence-corrected chi connectivity index (χ2v) is 6.58. The summed E-state index contributed by atoms with van der Waals surface area (Å²) in [7, 11) is 1.82. The molecule has 0 saturated carbocycles. The van der Waals surface area contributed by atoms with Gasteiger partial charge in [0.15, 0.2) is 5.82 Å². The molecule has 1 atom stereocenters. The highest BCUT2D eigenvalue weighted by Gasteiger charge is 2.16. The minimum Gasteiger partial charge on any atom is -0.373 e. The minimum atomic E-state index is -0.237. The Labute approximate surface area is 164 Å². The number of benzene rings is 1. The van der Waals surface area contributed by atoms with Gasteiger partial charge in [-0.05, 0) is 32.4 Å². The summed E-state index contributed by atoms with van der Waals surface area (Å²) in [6.07, 6.45) is 2.47. The van der Waals surface area contributed by atoms with Crippen LogP contribution in [-0.2, 0) is 6.54 Å². The van der Waals surface area contributed by atoms with Crippen LogP contribution in [0.25, 0.3) is 11.4 Å². The fraction of sp³-hybridized carbons (Fsp3) is 0.350. The molecule has 0 saturated heterocycles. The van der Waals surface area contributed by atoms with Crippen molar-refractivity contribution in [2.24, 2.45) is 0 Å². The lowest BCUT2D eigenvalue weighted by Gasteiger charge is -2.14. The normalized spacial score (nSPS) is 11.9. The molecule has 1 aromatic carbocycles. The zero-order valence-corrected chi connectivity index (χ0v) is 16.6. The van der Waals surface area contributed by atoms with Crippen LogP contribution < -0.4 is 10.6 Å². The number of hydrogen-bond acceptors (Lipinski definition) is 6. The van der Waals surface area contributed by atoms with Gasteiger partial charge in [-0.1, -0.05) is 19.1 Å². The van der Waals surface area contributed by atoms with Crippen molar-refractivity contribution in [2.75, 3.05) is 12.4 Å². The topological polar surface area (TPSA) is 97.6 Å². The van der Waals surface area contributed by atoms with Crippen molar-refractivity contribution >= 4 is 11.7 Å². The number of aryl methyl sites for hydroxylation is 2. The second kappa shape index (κ2) is 8.60. The first-order valence-corrected chi connectivity index (χ1v) is 9.34. The maximum atomic E-state index is 12.6. The third-order valence-corrected chi connectivity index (χ3v) is 4.33. The van der Waals surface area contributed by atoms with Gasteiger partial charge in [-0.15, -0.1) is 0 Å². The van der Waals surface area contributed by atoms with E-state index in [4.69, 9.17) is 0 Å². The largest absolute Gasteiger partial charge is 0.373 e. The van der Waals surface area contributed by atoms with Crippen molar-refractivity contribution < 1.29 is 4.79 Å². The van der Waals surface area contributed by atoms with E-state index in [1.165, 1.54) is 6.33 Å². The molecule has 0 spiro atoms. The fourth-order valence-electron chi connectivity index (χ4n) is 2.93. The molecule has 0 aliphatic heterocycles. The molecule has 3 aromatic rings. The van der Waals surface area contributed by atoms with Gasteiger partial charge in [-0.2, -0.15) is 5.10 Å². The second-order valence-electron chi connectivity index (χ2n) is 6.58. The van der Waals surface area contributed by atoms with E-state index in [0.29, 0.717) is 11.4 Å². The Morgan fingerprint density at radius 1 is 1.21 bits per heavy atom. The third-order valence-electron chi connectivity index (χ3n) is 4.33. The average Bonchev–Trinajstić information content (AvgIpc) is 3.16. The van der Waals surface area contributed by atoms with Crippen molar-refractivity contribution in [3.05, 3.63) is 53.7 Å². The van der Waals surface area contributed by atoms with E-state index < -0.39 is 0 Å². The van der Waals surface area contributed by atoms with Gasteiger partial charge in [0.1, 0.15) is 18.0 Å². The molecule has 2 N–H and O–H groups in total. The summed E-state index contributed by atoms with van der Waals surface area (Å²) in [5.74, 6) is 1.97. The first-order valence-electron chi connectivity index (χ1n) is 9.34. The Hall–Kier alpha value is -3.29. The van der Waals surface area contributed by atoms with Crippen molar-refractivity contribution in [1.82, 2.24) is 30.0 Å². The standard InChI is InChI=1S/C20H25N7O/c1-5-10-27-19(22-12-23-27)14(3)25-20(28)16-8-6-15(7-9-16)18-24-13(2)11-17(21-4)26-18/h6-9,11-12,14H,5,10H2,1-4H3,(H,25,28)(H,21,24,26)/t14-/m1/s1. The highest BCUT2D eigenvalue weighted by Crippen LogP contribution is 2.19. The SMILES string of the molecule is CCCn1ncnc1[C@@H](C)NC(=O)c1ccc(-c2nc(C)cc(NC)n2)cc1. The number of rotatable bonds is 7. The summed E-state index contributed by atoms with van der Waals surface area (Å²) < 4.78 is 1.82. The van der Waals surface area contributed by atoms with E-state index in [-0.39, 0.29) is 11.9 Å². The highest BCUT2D eigenvalue weighted by molar-refractivity contribution is 5.94. The molecule has 3 rings (SSSR count). The van der Waals surface area contributed by atoms with E-state index in [1.54, 1.807) is 12.1 Å². The number of nitrogens with one attached hydrogen (secondary N) is 2. The third kappa shape index (κ3) is 4.33. The molecular formula is C20H25N7O. The molecule has 146 valence electrons. The van der Waals surface area contributed by atoms with Crippen LogP contribution in [0.5, 0.6) is 0 Å². The average molecular weight is 379 g/mol. The molecule has 2 aromatic heterocycles. The lowest BCUT2D eigenvalue weighted by molar-refractivity contribution is 0.0937. The highest BCUT2D eigenvalue weighted by atomic mass is 16.1. The van der Waals surface area contributed by atoms with E-state index in [0.717, 1.165) is 35.9 Å². The van der Waals surface area contributed by atoms with Gasteiger partial charge in [0.2, 0.25) is 0 Å². The molecule has 0 aliphatic rings. The monoisotopic (exact) mass is 379 g/mol. The van der Waals surface area contributed by atoms with Crippen LogP contribution >= 0.6 is 0 Å². The van der Waals surface area contributed by atoms with E-state index >= 15 is 0 Å². The van der Waals surface area contributed by atoms with Crippen LogP contribution in [0.3, 0.4) is 0 Å². The number of carbonyl (C=O) groups excluding carboxylic acids is 1. The Morgan fingerprint density at radius 3 is 2.64 bits per heavy atom. The Bertz CT molecular complexity index is 949. The molecule has 8 nitrogen and oxygen atoms in total. The Balaban J connectivity index is 1.73. The van der Waals surface area contributed by atoms with Crippen molar-refractivity contribution in [1.29, 1.82) is 0 Å². The van der Waals surface area contributed by atoms with Gasteiger partial charge >= 0.3 is 0 Å². The summed E-state index contributed by atoms with van der Waals surface area (Å²) in [5, 5.41) is 10.2. The summed E-state index contributed by atoms with van der Waals surface area (Å²) in [5.41, 5.74) is 2.30. The number of amides is 1. The molecular weight excluding hydrogens is 354 g/mol. The van der Waals surface area contributed by atoms with Crippen molar-refractivity contribution in [3.8, 4) is 11.4 Å². The number of aromatic nitrogens is 5. The quantitative estimate of drug-likeness (QED) is 0.655. The molecule has 0 unspecified atom stereocenters. The van der Waals surface area contributed by atoms with Crippen LogP contribution in [-0.4, -0.2) is 37.7 Å². The maximum Gasteiger partial charge on any atom is 0.251 e. The maximum absolute atomic E-state index is 12.6. The van der Waals surface area contributed by atoms with E-state index in [2.05, 4.69) is 37.6 Å². The lowest BCUT2D eigenvalue weighted by Crippen LogP contribution is -2.29. The molecule has 2 heterocycles. The Kier molecular flexibility index (Phi) is 5.98. The summed E-state index contributed by atoms with van der Waals surface area (Å²) in [4.78, 5) is 25.8. The molecule has 0 radical (unpaired) electrons. The number of hydrogen-bond donors (Lipinski definition) is 2. The van der Waals surface area contributed by atoms with Gasteiger partial charge in [-0.25, -0.2) is 19.6 Å². The van der Waals surface area contributed by atoms with E-state index in [1.807, 2.05) is 43.8 Å². The van der Waals surface area contributed by atoms with Gasteiger partial charge in [0.05, 0.1) is 6.04 Å². The summed E-state index contributed by atoms with van der Waals surface area (Å²) >= 11 is 0. The van der Waals surface area contributed by atoms with Gasteiger partial charge in [0.25, 0.3) is 5.91 Å². The molecule has 8 heteroatoms.